The molecular formula is C12H14N4O2. The molecule has 6 nitrogen and oxygen atoms in total. The SMILES string of the molecule is CCc1nnnn1-c1ccc(CCC(=O)O)cc1. The molecule has 0 radical (unpaired) electrons. The van der Waals surface area contributed by atoms with Gasteiger partial charge in [-0.3, -0.25) is 4.79 Å². The highest BCUT2D eigenvalue weighted by Gasteiger charge is 2.06. The Labute approximate surface area is 104 Å². The van der Waals surface area contributed by atoms with Gasteiger partial charge in [0.15, 0.2) is 5.82 Å². The van der Waals surface area contributed by atoms with Crippen molar-refractivity contribution in [2.24, 2.45) is 0 Å². The molecular weight excluding hydrogens is 232 g/mol. The zero-order valence-electron chi connectivity index (χ0n) is 10.1. The van der Waals surface area contributed by atoms with Crippen LogP contribution in [0.4, 0.5) is 0 Å². The van der Waals surface area contributed by atoms with Crippen molar-refractivity contribution in [3.63, 3.8) is 0 Å². The summed E-state index contributed by atoms with van der Waals surface area (Å²) in [6.07, 6.45) is 1.43. The third-order valence-corrected chi connectivity index (χ3v) is 2.66. The van der Waals surface area contributed by atoms with Crippen LogP contribution in [0, 0.1) is 0 Å². The number of carboxylic acids is 1. The van der Waals surface area contributed by atoms with E-state index >= 15 is 0 Å². The molecule has 2 aromatic rings. The lowest BCUT2D eigenvalue weighted by atomic mass is 10.1. The number of nitrogens with zero attached hydrogens (tertiary/aromatic N) is 4. The summed E-state index contributed by atoms with van der Waals surface area (Å²) in [5, 5.41) is 20.1. The first-order chi connectivity index (χ1) is 8.70. The fourth-order valence-corrected chi connectivity index (χ4v) is 1.68. The number of hydrogen-bond acceptors (Lipinski definition) is 4. The van der Waals surface area contributed by atoms with Crippen molar-refractivity contribution < 1.29 is 9.90 Å². The van der Waals surface area contributed by atoms with Gasteiger partial charge in [-0.25, -0.2) is 0 Å². The average Bonchev–Trinajstić information content (AvgIpc) is 2.85. The molecule has 0 saturated heterocycles. The summed E-state index contributed by atoms with van der Waals surface area (Å²) in [4.78, 5) is 10.5. The van der Waals surface area contributed by atoms with Crippen LogP contribution in [0.5, 0.6) is 0 Å². The number of aliphatic carboxylic acids is 1. The molecule has 0 atom stereocenters. The number of aryl methyl sites for hydroxylation is 2. The zero-order valence-corrected chi connectivity index (χ0v) is 10.1. The summed E-state index contributed by atoms with van der Waals surface area (Å²) >= 11 is 0. The number of tetrazole rings is 1. The molecule has 1 aromatic heterocycles. The van der Waals surface area contributed by atoms with E-state index < -0.39 is 5.97 Å². The van der Waals surface area contributed by atoms with E-state index in [1.54, 1.807) is 4.68 Å². The third kappa shape index (κ3) is 2.71. The molecule has 0 unspecified atom stereocenters. The van der Waals surface area contributed by atoms with Gasteiger partial charge in [0.25, 0.3) is 0 Å². The highest BCUT2D eigenvalue weighted by Crippen LogP contribution is 2.11. The summed E-state index contributed by atoms with van der Waals surface area (Å²) in [5.41, 5.74) is 1.88. The van der Waals surface area contributed by atoms with Crippen LogP contribution in [0.15, 0.2) is 24.3 Å². The lowest BCUT2D eigenvalue weighted by Crippen LogP contribution is -2.02. The van der Waals surface area contributed by atoms with Crippen molar-refractivity contribution in [1.82, 2.24) is 20.2 Å². The first kappa shape index (κ1) is 12.2. The van der Waals surface area contributed by atoms with Gasteiger partial charge in [0.1, 0.15) is 0 Å². The second-order valence-electron chi connectivity index (χ2n) is 3.92. The van der Waals surface area contributed by atoms with Crippen molar-refractivity contribution in [3.05, 3.63) is 35.7 Å². The molecule has 0 aliphatic carbocycles. The van der Waals surface area contributed by atoms with Gasteiger partial charge < -0.3 is 5.11 Å². The molecule has 0 aliphatic heterocycles. The smallest absolute Gasteiger partial charge is 0.303 e. The molecule has 0 aliphatic rings. The summed E-state index contributed by atoms with van der Waals surface area (Å²) in [5.74, 6) is 0.0149. The quantitative estimate of drug-likeness (QED) is 0.858. The maximum atomic E-state index is 10.5. The highest BCUT2D eigenvalue weighted by molar-refractivity contribution is 5.67. The molecule has 6 heteroatoms. The Balaban J connectivity index is 2.14. The lowest BCUT2D eigenvalue weighted by Gasteiger charge is -2.04. The molecule has 18 heavy (non-hydrogen) atoms. The van der Waals surface area contributed by atoms with Gasteiger partial charge in [0.05, 0.1) is 5.69 Å². The maximum absolute atomic E-state index is 10.5. The molecule has 1 aromatic carbocycles. The Kier molecular flexibility index (Phi) is 3.66. The predicted octanol–water partition coefficient (Wildman–Crippen LogP) is 1.24. The normalized spacial score (nSPS) is 10.5. The molecule has 0 spiro atoms. The second-order valence-corrected chi connectivity index (χ2v) is 3.92. The first-order valence-electron chi connectivity index (χ1n) is 5.79. The number of hydrogen-bond donors (Lipinski definition) is 1. The highest BCUT2D eigenvalue weighted by atomic mass is 16.4. The Morgan fingerprint density at radius 3 is 2.67 bits per heavy atom. The van der Waals surface area contributed by atoms with E-state index in [1.807, 2.05) is 31.2 Å². The van der Waals surface area contributed by atoms with E-state index in [9.17, 15) is 4.79 Å². The molecule has 0 bridgehead atoms. The van der Waals surface area contributed by atoms with Gasteiger partial charge in [-0.05, 0) is 34.5 Å². The van der Waals surface area contributed by atoms with Crippen LogP contribution in [0.3, 0.4) is 0 Å². The first-order valence-corrected chi connectivity index (χ1v) is 5.79. The van der Waals surface area contributed by atoms with Crippen molar-refractivity contribution >= 4 is 5.97 Å². The topological polar surface area (TPSA) is 80.9 Å². The van der Waals surface area contributed by atoms with Gasteiger partial charge >= 0.3 is 5.97 Å². The summed E-state index contributed by atoms with van der Waals surface area (Å²) in [6.45, 7) is 1.99. The maximum Gasteiger partial charge on any atom is 0.303 e. The largest absolute Gasteiger partial charge is 0.481 e. The van der Waals surface area contributed by atoms with Crippen LogP contribution >= 0.6 is 0 Å². The minimum absolute atomic E-state index is 0.143. The number of carbonyl (C=O) groups is 1. The van der Waals surface area contributed by atoms with Gasteiger partial charge in [-0.15, -0.1) is 5.10 Å². The summed E-state index contributed by atoms with van der Waals surface area (Å²) < 4.78 is 1.68. The standard InChI is InChI=1S/C12H14N4O2/c1-2-11-13-14-15-16(11)10-6-3-9(4-7-10)5-8-12(17)18/h3-4,6-7H,2,5,8H2,1H3,(H,17,18). The number of aromatic nitrogens is 4. The summed E-state index contributed by atoms with van der Waals surface area (Å²) in [7, 11) is 0. The van der Waals surface area contributed by atoms with Crippen LogP contribution in [0.1, 0.15) is 24.7 Å². The van der Waals surface area contributed by atoms with E-state index in [2.05, 4.69) is 15.5 Å². The van der Waals surface area contributed by atoms with Gasteiger partial charge in [0.2, 0.25) is 0 Å². The minimum Gasteiger partial charge on any atom is -0.481 e. The Morgan fingerprint density at radius 1 is 1.33 bits per heavy atom. The van der Waals surface area contributed by atoms with E-state index in [1.165, 1.54) is 0 Å². The Bertz CT molecular complexity index is 533. The second kappa shape index (κ2) is 5.39. The minimum atomic E-state index is -0.784. The van der Waals surface area contributed by atoms with Crippen LogP contribution in [0.2, 0.25) is 0 Å². The Morgan fingerprint density at radius 2 is 2.06 bits per heavy atom. The van der Waals surface area contributed by atoms with Gasteiger partial charge in [-0.1, -0.05) is 19.1 Å². The third-order valence-electron chi connectivity index (χ3n) is 2.66. The van der Waals surface area contributed by atoms with Crippen molar-refractivity contribution in [2.45, 2.75) is 26.2 Å². The Hall–Kier alpha value is -2.24. The van der Waals surface area contributed by atoms with Crippen LogP contribution in [0.25, 0.3) is 5.69 Å². The molecule has 1 N–H and O–H groups in total. The average molecular weight is 246 g/mol. The van der Waals surface area contributed by atoms with Crippen molar-refractivity contribution in [1.29, 1.82) is 0 Å². The fraction of sp³-hybridized carbons (Fsp3) is 0.333. The van der Waals surface area contributed by atoms with Gasteiger partial charge in [-0.2, -0.15) is 4.68 Å². The monoisotopic (exact) mass is 246 g/mol. The molecule has 0 saturated carbocycles. The van der Waals surface area contributed by atoms with Crippen LogP contribution < -0.4 is 0 Å². The number of carboxylic acid groups (broad SMARTS) is 1. The van der Waals surface area contributed by atoms with Crippen LogP contribution in [-0.2, 0) is 17.6 Å². The molecule has 1 heterocycles. The number of benzene rings is 1. The number of rotatable bonds is 5. The predicted molar refractivity (Wildman–Crippen MR) is 64.5 cm³/mol. The lowest BCUT2D eigenvalue weighted by molar-refractivity contribution is -0.136. The van der Waals surface area contributed by atoms with E-state index in [0.29, 0.717) is 6.42 Å². The summed E-state index contributed by atoms with van der Waals surface area (Å²) in [6, 6.07) is 7.60. The van der Waals surface area contributed by atoms with Crippen LogP contribution in [-0.4, -0.2) is 31.3 Å². The molecule has 94 valence electrons. The van der Waals surface area contributed by atoms with E-state index in [-0.39, 0.29) is 6.42 Å². The fourth-order valence-electron chi connectivity index (χ4n) is 1.68. The van der Waals surface area contributed by atoms with Crippen molar-refractivity contribution in [3.8, 4) is 5.69 Å². The zero-order chi connectivity index (χ0) is 13.0. The van der Waals surface area contributed by atoms with Gasteiger partial charge in [0, 0.05) is 12.8 Å². The molecule has 0 fully saturated rings. The molecule has 2 rings (SSSR count). The van der Waals surface area contributed by atoms with Crippen molar-refractivity contribution in [2.75, 3.05) is 0 Å². The van der Waals surface area contributed by atoms with E-state index in [0.717, 1.165) is 23.5 Å². The van der Waals surface area contributed by atoms with E-state index in [4.69, 9.17) is 5.11 Å². The molecule has 0 amide bonds.